The number of rotatable bonds is 3. The van der Waals surface area contributed by atoms with Gasteiger partial charge in [-0.15, -0.1) is 0 Å². The highest BCUT2D eigenvalue weighted by atomic mass is 19.4. The molecular formula is C16H19F6NO. The minimum Gasteiger partial charge on any atom is -0.385 e. The van der Waals surface area contributed by atoms with E-state index in [-0.39, 0.29) is 38.0 Å². The van der Waals surface area contributed by atoms with Crippen LogP contribution in [0.1, 0.15) is 30.9 Å². The molecule has 24 heavy (non-hydrogen) atoms. The minimum atomic E-state index is -4.50. The molecule has 0 bridgehead atoms. The molecule has 1 aliphatic rings. The molecule has 1 aromatic carbocycles. The molecule has 1 aliphatic heterocycles. The average molecular weight is 355 g/mol. The number of nitrogens with zero attached hydrogens (tertiary/aromatic N) is 1. The summed E-state index contributed by atoms with van der Waals surface area (Å²) >= 11 is 0. The van der Waals surface area contributed by atoms with Crippen molar-refractivity contribution >= 4 is 0 Å². The summed E-state index contributed by atoms with van der Waals surface area (Å²) in [5, 5.41) is 10.6. The number of piperidine rings is 1. The molecule has 1 fully saturated rings. The third-order valence-corrected chi connectivity index (χ3v) is 4.50. The molecule has 0 amide bonds. The zero-order valence-electron chi connectivity index (χ0n) is 13.1. The van der Waals surface area contributed by atoms with Crippen LogP contribution in [-0.2, 0) is 11.8 Å². The highest BCUT2D eigenvalue weighted by Gasteiger charge is 2.40. The molecule has 8 heteroatoms. The summed E-state index contributed by atoms with van der Waals surface area (Å²) in [6.07, 6.45) is -8.60. The van der Waals surface area contributed by atoms with Gasteiger partial charge < -0.3 is 10.0 Å². The molecule has 0 aliphatic carbocycles. The van der Waals surface area contributed by atoms with Crippen LogP contribution in [0.25, 0.3) is 0 Å². The van der Waals surface area contributed by atoms with Crippen LogP contribution in [0.5, 0.6) is 0 Å². The van der Waals surface area contributed by atoms with Crippen molar-refractivity contribution in [3.63, 3.8) is 0 Å². The van der Waals surface area contributed by atoms with E-state index in [2.05, 4.69) is 0 Å². The topological polar surface area (TPSA) is 23.5 Å². The fourth-order valence-corrected chi connectivity index (χ4v) is 2.87. The van der Waals surface area contributed by atoms with Crippen LogP contribution >= 0.6 is 0 Å². The standard InChI is InChI=1S/C16H19F6NO/c1-11(15(17,18)19)10-23-7-5-14(24,6-8-23)12-3-2-4-13(9-12)16(20,21)22/h2-4,9,11,24H,5-8,10H2,1H3/t11-/m1/s1. The number of likely N-dealkylation sites (tertiary alicyclic amines) is 1. The van der Waals surface area contributed by atoms with E-state index in [0.29, 0.717) is 0 Å². The van der Waals surface area contributed by atoms with Crippen LogP contribution in [-0.4, -0.2) is 35.8 Å². The van der Waals surface area contributed by atoms with Gasteiger partial charge in [0.15, 0.2) is 0 Å². The average Bonchev–Trinajstić information content (AvgIpc) is 2.48. The van der Waals surface area contributed by atoms with E-state index in [1.54, 1.807) is 4.90 Å². The summed E-state index contributed by atoms with van der Waals surface area (Å²) < 4.78 is 76.1. The molecule has 2 nitrogen and oxygen atoms in total. The normalized spacial score (nSPS) is 20.8. The van der Waals surface area contributed by atoms with Crippen molar-refractivity contribution in [1.29, 1.82) is 0 Å². The summed E-state index contributed by atoms with van der Waals surface area (Å²) in [6.45, 7) is 1.32. The number of halogens is 6. The lowest BCUT2D eigenvalue weighted by Crippen LogP contribution is -2.45. The largest absolute Gasteiger partial charge is 0.416 e. The van der Waals surface area contributed by atoms with Gasteiger partial charge in [0.05, 0.1) is 17.1 Å². The smallest absolute Gasteiger partial charge is 0.385 e. The molecule has 1 aromatic rings. The van der Waals surface area contributed by atoms with Gasteiger partial charge in [-0.1, -0.05) is 19.1 Å². The Kier molecular flexibility index (Phi) is 5.20. The van der Waals surface area contributed by atoms with Crippen LogP contribution in [0.2, 0.25) is 0 Å². The van der Waals surface area contributed by atoms with E-state index < -0.39 is 29.4 Å². The predicted molar refractivity (Wildman–Crippen MR) is 76.2 cm³/mol. The van der Waals surface area contributed by atoms with Gasteiger partial charge in [-0.25, -0.2) is 0 Å². The van der Waals surface area contributed by atoms with Crippen molar-refractivity contribution in [3.05, 3.63) is 35.4 Å². The molecule has 1 atom stereocenters. The van der Waals surface area contributed by atoms with Gasteiger partial charge in [0.25, 0.3) is 0 Å². The van der Waals surface area contributed by atoms with E-state index in [0.717, 1.165) is 19.1 Å². The molecule has 136 valence electrons. The van der Waals surface area contributed by atoms with E-state index in [4.69, 9.17) is 0 Å². The van der Waals surface area contributed by atoms with E-state index in [1.165, 1.54) is 12.1 Å². The van der Waals surface area contributed by atoms with Gasteiger partial charge in [0.2, 0.25) is 0 Å². The first kappa shape index (κ1) is 19.1. The molecular weight excluding hydrogens is 336 g/mol. The maximum Gasteiger partial charge on any atom is 0.416 e. The van der Waals surface area contributed by atoms with E-state index >= 15 is 0 Å². The zero-order chi connectivity index (χ0) is 18.2. The van der Waals surface area contributed by atoms with Gasteiger partial charge in [-0.2, -0.15) is 26.3 Å². The van der Waals surface area contributed by atoms with Gasteiger partial charge in [-0.05, 0) is 30.5 Å². The maximum absolute atomic E-state index is 12.8. The zero-order valence-corrected chi connectivity index (χ0v) is 13.1. The van der Waals surface area contributed by atoms with Gasteiger partial charge >= 0.3 is 12.4 Å². The fourth-order valence-electron chi connectivity index (χ4n) is 2.87. The van der Waals surface area contributed by atoms with Crippen LogP contribution in [0.3, 0.4) is 0 Å². The summed E-state index contributed by atoms with van der Waals surface area (Å²) in [5.74, 6) is -1.49. The molecule has 0 unspecified atom stereocenters. The maximum atomic E-state index is 12.8. The molecule has 0 spiro atoms. The first-order valence-electron chi connectivity index (χ1n) is 7.61. The third kappa shape index (κ3) is 4.42. The Hall–Kier alpha value is -1.28. The van der Waals surface area contributed by atoms with Crippen molar-refractivity contribution in [2.75, 3.05) is 19.6 Å². The molecule has 1 N–H and O–H groups in total. The molecule has 0 radical (unpaired) electrons. The number of benzene rings is 1. The Morgan fingerprint density at radius 3 is 2.21 bits per heavy atom. The summed E-state index contributed by atoms with van der Waals surface area (Å²) in [5.41, 5.74) is -2.14. The Labute approximate surface area is 136 Å². The summed E-state index contributed by atoms with van der Waals surface area (Å²) in [4.78, 5) is 1.58. The lowest BCUT2D eigenvalue weighted by Gasteiger charge is -2.39. The lowest BCUT2D eigenvalue weighted by molar-refractivity contribution is -0.176. The fraction of sp³-hybridized carbons (Fsp3) is 0.625. The Morgan fingerprint density at radius 1 is 1.12 bits per heavy atom. The summed E-state index contributed by atoms with van der Waals surface area (Å²) in [6, 6.07) is 4.48. The van der Waals surface area contributed by atoms with Crippen molar-refractivity contribution in [2.45, 2.75) is 37.7 Å². The monoisotopic (exact) mass is 355 g/mol. The highest BCUT2D eigenvalue weighted by molar-refractivity contribution is 5.30. The number of hydrogen-bond donors (Lipinski definition) is 1. The highest BCUT2D eigenvalue weighted by Crippen LogP contribution is 2.37. The molecule has 1 heterocycles. The van der Waals surface area contributed by atoms with Crippen LogP contribution in [0.4, 0.5) is 26.3 Å². The van der Waals surface area contributed by atoms with Gasteiger partial charge in [0.1, 0.15) is 0 Å². The second-order valence-electron chi connectivity index (χ2n) is 6.35. The Bertz CT molecular complexity index is 560. The van der Waals surface area contributed by atoms with Crippen LogP contribution < -0.4 is 0 Å². The predicted octanol–water partition coefficient (Wildman–Crippen LogP) is 4.19. The third-order valence-electron chi connectivity index (χ3n) is 4.50. The van der Waals surface area contributed by atoms with Crippen LogP contribution in [0, 0.1) is 5.92 Å². The Morgan fingerprint density at radius 2 is 1.71 bits per heavy atom. The lowest BCUT2D eigenvalue weighted by atomic mass is 9.83. The van der Waals surface area contributed by atoms with Crippen LogP contribution in [0.15, 0.2) is 24.3 Å². The first-order valence-corrected chi connectivity index (χ1v) is 7.61. The van der Waals surface area contributed by atoms with Crippen molar-refractivity contribution in [1.82, 2.24) is 4.90 Å². The SMILES string of the molecule is C[C@H](CN1CCC(O)(c2cccc(C(F)(F)F)c2)CC1)C(F)(F)F. The second-order valence-corrected chi connectivity index (χ2v) is 6.35. The van der Waals surface area contributed by atoms with E-state index in [9.17, 15) is 31.4 Å². The second kappa shape index (κ2) is 6.55. The molecule has 2 rings (SSSR count). The molecule has 1 saturated heterocycles. The van der Waals surface area contributed by atoms with Crippen molar-refractivity contribution in [3.8, 4) is 0 Å². The number of hydrogen-bond acceptors (Lipinski definition) is 2. The molecule has 0 aromatic heterocycles. The van der Waals surface area contributed by atoms with Crippen molar-refractivity contribution in [2.24, 2.45) is 5.92 Å². The Balaban J connectivity index is 2.05. The number of aliphatic hydroxyl groups is 1. The number of alkyl halides is 6. The van der Waals surface area contributed by atoms with Gasteiger partial charge in [0, 0.05) is 19.6 Å². The van der Waals surface area contributed by atoms with Gasteiger partial charge in [-0.3, -0.25) is 0 Å². The first-order chi connectivity index (χ1) is 10.9. The molecule has 0 saturated carbocycles. The van der Waals surface area contributed by atoms with Crippen molar-refractivity contribution < 1.29 is 31.4 Å². The quantitative estimate of drug-likeness (QED) is 0.822. The summed E-state index contributed by atoms with van der Waals surface area (Å²) in [7, 11) is 0. The van der Waals surface area contributed by atoms with E-state index in [1.807, 2.05) is 0 Å². The minimum absolute atomic E-state index is 0.0961.